The van der Waals surface area contributed by atoms with Crippen LogP contribution in [0.25, 0.3) is 0 Å². The first-order chi connectivity index (χ1) is 8.22. The van der Waals surface area contributed by atoms with E-state index in [0.29, 0.717) is 26.4 Å². The number of aliphatic hydroxyl groups is 2. The Labute approximate surface area is 106 Å². The molecule has 0 radical (unpaired) electrons. The van der Waals surface area contributed by atoms with Gasteiger partial charge in [0.1, 0.15) is 6.10 Å². The van der Waals surface area contributed by atoms with Crippen LogP contribution in [0.2, 0.25) is 0 Å². The highest BCUT2D eigenvalue weighted by Gasteiger charge is 2.03. The van der Waals surface area contributed by atoms with Gasteiger partial charge in [-0.15, -0.1) is 0 Å². The van der Waals surface area contributed by atoms with Gasteiger partial charge in [0, 0.05) is 19.8 Å². The summed E-state index contributed by atoms with van der Waals surface area (Å²) in [5, 5.41) is 17.2. The van der Waals surface area contributed by atoms with Crippen LogP contribution in [0, 0.1) is 0 Å². The largest absolute Gasteiger partial charge is 0.396 e. The summed E-state index contributed by atoms with van der Waals surface area (Å²) in [6, 6.07) is 0. The number of aliphatic hydroxyl groups excluding tert-OH is 2. The number of hydrogen-bond acceptors (Lipinski definition) is 4. The lowest BCUT2D eigenvalue weighted by Crippen LogP contribution is -2.22. The summed E-state index contributed by atoms with van der Waals surface area (Å²) in [4.78, 5) is 0. The molecule has 0 aromatic rings. The van der Waals surface area contributed by atoms with E-state index in [0.717, 1.165) is 32.3 Å². The van der Waals surface area contributed by atoms with E-state index < -0.39 is 6.10 Å². The Balaban J connectivity index is 0. The van der Waals surface area contributed by atoms with Crippen molar-refractivity contribution in [3.8, 4) is 0 Å². The highest BCUT2D eigenvalue weighted by molar-refractivity contribution is 4.50. The van der Waals surface area contributed by atoms with Crippen molar-refractivity contribution in [1.29, 1.82) is 0 Å². The Kier molecular flexibility index (Phi) is 20.6. The molecular formula is C13H30O4. The maximum Gasteiger partial charge on any atom is 0.101 e. The molecule has 0 aliphatic rings. The van der Waals surface area contributed by atoms with Crippen molar-refractivity contribution in [1.82, 2.24) is 0 Å². The minimum Gasteiger partial charge on any atom is -0.396 e. The average Bonchev–Trinajstić information content (AvgIpc) is 2.35. The van der Waals surface area contributed by atoms with Gasteiger partial charge in [0.2, 0.25) is 0 Å². The maximum atomic E-state index is 9.33. The van der Waals surface area contributed by atoms with Crippen LogP contribution in [0.15, 0.2) is 0 Å². The van der Waals surface area contributed by atoms with E-state index in [1.807, 2.05) is 13.8 Å². The lowest BCUT2D eigenvalue weighted by atomic mass is 10.3. The summed E-state index contributed by atoms with van der Waals surface area (Å²) < 4.78 is 10.4. The molecule has 0 saturated heterocycles. The van der Waals surface area contributed by atoms with E-state index in [1.165, 1.54) is 0 Å². The van der Waals surface area contributed by atoms with Gasteiger partial charge < -0.3 is 19.7 Å². The molecular weight excluding hydrogens is 220 g/mol. The van der Waals surface area contributed by atoms with E-state index in [-0.39, 0.29) is 0 Å². The lowest BCUT2D eigenvalue weighted by molar-refractivity contribution is -0.0190. The monoisotopic (exact) mass is 250 g/mol. The van der Waals surface area contributed by atoms with Gasteiger partial charge in [-0.2, -0.15) is 0 Å². The molecule has 17 heavy (non-hydrogen) atoms. The molecule has 0 aliphatic carbocycles. The third-order valence-corrected chi connectivity index (χ3v) is 1.83. The quantitative estimate of drug-likeness (QED) is 0.582. The topological polar surface area (TPSA) is 58.9 Å². The van der Waals surface area contributed by atoms with Crippen LogP contribution in [0.3, 0.4) is 0 Å². The van der Waals surface area contributed by atoms with Gasteiger partial charge in [-0.1, -0.05) is 27.2 Å². The molecule has 0 aromatic heterocycles. The van der Waals surface area contributed by atoms with E-state index in [1.54, 1.807) is 0 Å². The fourth-order valence-corrected chi connectivity index (χ4v) is 0.878. The molecule has 4 nitrogen and oxygen atoms in total. The molecule has 0 amide bonds. The zero-order valence-corrected chi connectivity index (χ0v) is 11.7. The number of ether oxygens (including phenoxy) is 2. The van der Waals surface area contributed by atoms with Crippen LogP contribution in [0.1, 0.15) is 46.5 Å². The second kappa shape index (κ2) is 18.2. The summed E-state index contributed by atoms with van der Waals surface area (Å²) >= 11 is 0. The Bertz CT molecular complexity index is 118. The van der Waals surface area contributed by atoms with Gasteiger partial charge in [-0.05, 0) is 19.3 Å². The van der Waals surface area contributed by atoms with Gasteiger partial charge >= 0.3 is 0 Å². The molecule has 4 heteroatoms. The van der Waals surface area contributed by atoms with E-state index in [9.17, 15) is 5.11 Å². The van der Waals surface area contributed by atoms with Crippen LogP contribution >= 0.6 is 0 Å². The smallest absolute Gasteiger partial charge is 0.101 e. The standard InChI is InChI=1S/C10H22O3.C3H8O/c1-3-5-7-13-9-10(11)8-12-6-4-2;1-2-3-4/h10-11H,3-9H2,1-2H3;4H,2-3H2,1H3. The molecule has 0 bridgehead atoms. The van der Waals surface area contributed by atoms with Gasteiger partial charge in [0.15, 0.2) is 0 Å². The fraction of sp³-hybridized carbons (Fsp3) is 1.00. The summed E-state index contributed by atoms with van der Waals surface area (Å²) in [6.45, 7) is 8.64. The first-order valence-corrected chi connectivity index (χ1v) is 6.67. The van der Waals surface area contributed by atoms with Crippen molar-refractivity contribution in [3.05, 3.63) is 0 Å². The molecule has 0 rings (SSSR count). The Morgan fingerprint density at radius 2 is 1.41 bits per heavy atom. The molecule has 0 fully saturated rings. The Morgan fingerprint density at radius 3 is 1.82 bits per heavy atom. The molecule has 0 aliphatic heterocycles. The lowest BCUT2D eigenvalue weighted by Gasteiger charge is -2.10. The number of hydrogen-bond donors (Lipinski definition) is 2. The van der Waals surface area contributed by atoms with Crippen LogP contribution in [-0.4, -0.2) is 49.4 Å². The third-order valence-electron chi connectivity index (χ3n) is 1.83. The molecule has 0 heterocycles. The average molecular weight is 250 g/mol. The van der Waals surface area contributed by atoms with E-state index in [4.69, 9.17) is 14.6 Å². The van der Waals surface area contributed by atoms with Crippen LogP contribution in [-0.2, 0) is 9.47 Å². The maximum absolute atomic E-state index is 9.33. The predicted octanol–water partition coefficient (Wildman–Crippen LogP) is 1.98. The van der Waals surface area contributed by atoms with Crippen molar-refractivity contribution in [2.24, 2.45) is 0 Å². The third kappa shape index (κ3) is 21.6. The van der Waals surface area contributed by atoms with Crippen LogP contribution in [0.5, 0.6) is 0 Å². The fourth-order valence-electron chi connectivity index (χ4n) is 0.878. The van der Waals surface area contributed by atoms with Crippen LogP contribution in [0.4, 0.5) is 0 Å². The summed E-state index contributed by atoms with van der Waals surface area (Å²) in [6.07, 6.45) is 3.58. The molecule has 1 unspecified atom stereocenters. The molecule has 106 valence electrons. The van der Waals surface area contributed by atoms with Crippen molar-refractivity contribution in [3.63, 3.8) is 0 Å². The zero-order chi connectivity index (χ0) is 13.4. The SMILES string of the molecule is CCCCOCC(O)COCCC.CCCO. The zero-order valence-electron chi connectivity index (χ0n) is 11.7. The van der Waals surface area contributed by atoms with Gasteiger partial charge in [0.25, 0.3) is 0 Å². The highest BCUT2D eigenvalue weighted by Crippen LogP contribution is 1.92. The van der Waals surface area contributed by atoms with Crippen molar-refractivity contribution in [2.75, 3.05) is 33.0 Å². The predicted molar refractivity (Wildman–Crippen MR) is 70.2 cm³/mol. The van der Waals surface area contributed by atoms with Crippen LogP contribution < -0.4 is 0 Å². The molecule has 1 atom stereocenters. The minimum atomic E-state index is -0.469. The Morgan fingerprint density at radius 1 is 0.882 bits per heavy atom. The summed E-state index contributed by atoms with van der Waals surface area (Å²) in [5.74, 6) is 0. The first kappa shape index (κ1) is 19.2. The van der Waals surface area contributed by atoms with E-state index >= 15 is 0 Å². The molecule has 0 aromatic carbocycles. The van der Waals surface area contributed by atoms with Gasteiger partial charge in [-0.3, -0.25) is 0 Å². The van der Waals surface area contributed by atoms with Crippen molar-refractivity contribution >= 4 is 0 Å². The van der Waals surface area contributed by atoms with Crippen molar-refractivity contribution < 1.29 is 19.7 Å². The minimum absolute atomic E-state index is 0.319. The first-order valence-electron chi connectivity index (χ1n) is 6.67. The van der Waals surface area contributed by atoms with E-state index in [2.05, 4.69) is 6.92 Å². The number of unbranched alkanes of at least 4 members (excludes halogenated alkanes) is 1. The normalized spacial score (nSPS) is 11.8. The summed E-state index contributed by atoms with van der Waals surface area (Å²) in [5.41, 5.74) is 0. The molecule has 0 saturated carbocycles. The van der Waals surface area contributed by atoms with Crippen molar-refractivity contribution in [2.45, 2.75) is 52.6 Å². The second-order valence-electron chi connectivity index (χ2n) is 3.88. The highest BCUT2D eigenvalue weighted by atomic mass is 16.5. The number of rotatable bonds is 10. The van der Waals surface area contributed by atoms with Gasteiger partial charge in [-0.25, -0.2) is 0 Å². The summed E-state index contributed by atoms with van der Waals surface area (Å²) in [7, 11) is 0. The molecule has 0 spiro atoms. The van der Waals surface area contributed by atoms with Gasteiger partial charge in [0.05, 0.1) is 13.2 Å². The molecule has 2 N–H and O–H groups in total. The Hall–Kier alpha value is -0.160. The second-order valence-corrected chi connectivity index (χ2v) is 3.88.